The van der Waals surface area contributed by atoms with Gasteiger partial charge in [0.05, 0.1) is 5.56 Å². The van der Waals surface area contributed by atoms with E-state index in [0.29, 0.717) is 12.8 Å². The molecule has 0 saturated heterocycles. The summed E-state index contributed by atoms with van der Waals surface area (Å²) in [5.74, 6) is -1.14. The van der Waals surface area contributed by atoms with Crippen LogP contribution in [0.2, 0.25) is 0 Å². The molecule has 0 saturated carbocycles. The number of rotatable bonds is 6. The lowest BCUT2D eigenvalue weighted by atomic mass is 10.2. The summed E-state index contributed by atoms with van der Waals surface area (Å²) in [5, 5.41) is 8.53. The number of aromatic nitrogens is 1. The van der Waals surface area contributed by atoms with Crippen molar-refractivity contribution in [2.24, 2.45) is 0 Å². The molecule has 0 bridgehead atoms. The molecule has 0 amide bonds. The van der Waals surface area contributed by atoms with Gasteiger partial charge in [-0.25, -0.2) is 22.9 Å². The lowest BCUT2D eigenvalue weighted by Gasteiger charge is -2.14. The number of carboxylic acid groups (broad SMARTS) is 1. The molecule has 0 aromatic carbocycles. The van der Waals surface area contributed by atoms with Gasteiger partial charge in [-0.05, 0) is 25.0 Å². The van der Waals surface area contributed by atoms with E-state index in [4.69, 9.17) is 5.11 Å². The normalized spacial score (nSPS) is 11.7. The van der Waals surface area contributed by atoms with Crippen molar-refractivity contribution in [2.45, 2.75) is 37.8 Å². The lowest BCUT2D eigenvalue weighted by Crippen LogP contribution is -2.34. The predicted molar refractivity (Wildman–Crippen MR) is 65.9 cm³/mol. The van der Waals surface area contributed by atoms with Crippen molar-refractivity contribution in [1.82, 2.24) is 9.71 Å². The predicted octanol–water partition coefficient (Wildman–Crippen LogP) is 1.25. The number of nitrogens with zero attached hydrogens (tertiary/aromatic N) is 1. The van der Waals surface area contributed by atoms with Crippen LogP contribution in [-0.4, -0.2) is 30.5 Å². The van der Waals surface area contributed by atoms with Crippen molar-refractivity contribution < 1.29 is 18.3 Å². The monoisotopic (exact) mass is 272 g/mol. The fraction of sp³-hybridized carbons (Fsp3) is 0.455. The van der Waals surface area contributed by atoms with Crippen LogP contribution in [-0.2, 0) is 10.0 Å². The SMILES string of the molecule is CCC(CC)NS(=O)(=O)c1ccc(C(=O)O)cn1. The summed E-state index contributed by atoms with van der Waals surface area (Å²) in [6, 6.07) is 2.27. The van der Waals surface area contributed by atoms with Gasteiger partial charge in [-0.3, -0.25) is 0 Å². The lowest BCUT2D eigenvalue weighted by molar-refractivity contribution is 0.0696. The molecular weight excluding hydrogens is 256 g/mol. The van der Waals surface area contributed by atoms with Crippen molar-refractivity contribution in [2.75, 3.05) is 0 Å². The molecule has 0 aliphatic heterocycles. The first kappa shape index (κ1) is 14.6. The van der Waals surface area contributed by atoms with Crippen LogP contribution in [0.15, 0.2) is 23.4 Å². The van der Waals surface area contributed by atoms with Crippen LogP contribution in [0.5, 0.6) is 0 Å². The van der Waals surface area contributed by atoms with Gasteiger partial charge in [-0.15, -0.1) is 0 Å². The average Bonchev–Trinajstić information content (AvgIpc) is 2.36. The summed E-state index contributed by atoms with van der Waals surface area (Å²) in [6.07, 6.45) is 2.40. The van der Waals surface area contributed by atoms with Gasteiger partial charge in [0.15, 0.2) is 5.03 Å². The number of aromatic carboxylic acids is 1. The van der Waals surface area contributed by atoms with Crippen LogP contribution in [0, 0.1) is 0 Å². The highest BCUT2D eigenvalue weighted by Crippen LogP contribution is 2.09. The van der Waals surface area contributed by atoms with Gasteiger partial charge in [-0.1, -0.05) is 13.8 Å². The molecule has 1 heterocycles. The highest BCUT2D eigenvalue weighted by Gasteiger charge is 2.19. The zero-order valence-electron chi connectivity index (χ0n) is 10.3. The Morgan fingerprint density at radius 3 is 2.39 bits per heavy atom. The molecule has 0 radical (unpaired) electrons. The minimum absolute atomic E-state index is 0.0449. The summed E-state index contributed by atoms with van der Waals surface area (Å²) < 4.78 is 26.4. The van der Waals surface area contributed by atoms with Gasteiger partial charge < -0.3 is 5.11 Å². The fourth-order valence-corrected chi connectivity index (χ4v) is 2.73. The Morgan fingerprint density at radius 1 is 1.39 bits per heavy atom. The summed E-state index contributed by atoms with van der Waals surface area (Å²) in [4.78, 5) is 14.3. The van der Waals surface area contributed by atoms with E-state index < -0.39 is 16.0 Å². The minimum atomic E-state index is -3.68. The third kappa shape index (κ3) is 3.51. The number of nitrogens with one attached hydrogen (secondary N) is 1. The smallest absolute Gasteiger partial charge is 0.337 e. The molecule has 18 heavy (non-hydrogen) atoms. The van der Waals surface area contributed by atoms with Crippen LogP contribution in [0.3, 0.4) is 0 Å². The molecule has 1 rings (SSSR count). The molecule has 0 fully saturated rings. The Bertz CT molecular complexity index is 506. The second-order valence-corrected chi connectivity index (χ2v) is 5.49. The maximum atomic E-state index is 11.9. The van der Waals surface area contributed by atoms with Gasteiger partial charge >= 0.3 is 5.97 Å². The van der Waals surface area contributed by atoms with E-state index in [0.717, 1.165) is 6.20 Å². The summed E-state index contributed by atoms with van der Waals surface area (Å²) >= 11 is 0. The molecule has 1 aromatic rings. The number of carbonyl (C=O) groups is 1. The zero-order chi connectivity index (χ0) is 13.8. The molecule has 6 nitrogen and oxygen atoms in total. The molecule has 1 aromatic heterocycles. The van der Waals surface area contributed by atoms with Crippen LogP contribution < -0.4 is 4.72 Å². The number of pyridine rings is 1. The first-order valence-electron chi connectivity index (χ1n) is 5.62. The number of hydrogen-bond acceptors (Lipinski definition) is 4. The van der Waals surface area contributed by atoms with Crippen molar-refractivity contribution in [1.29, 1.82) is 0 Å². The van der Waals surface area contributed by atoms with E-state index in [-0.39, 0.29) is 16.6 Å². The van der Waals surface area contributed by atoms with E-state index in [9.17, 15) is 13.2 Å². The first-order valence-corrected chi connectivity index (χ1v) is 7.10. The van der Waals surface area contributed by atoms with Crippen LogP contribution >= 0.6 is 0 Å². The van der Waals surface area contributed by atoms with E-state index in [2.05, 4.69) is 9.71 Å². The Morgan fingerprint density at radius 2 is 2.00 bits per heavy atom. The highest BCUT2D eigenvalue weighted by atomic mass is 32.2. The Labute approximate surface area is 106 Å². The molecule has 2 N–H and O–H groups in total. The van der Waals surface area contributed by atoms with Crippen LogP contribution in [0.25, 0.3) is 0 Å². The third-order valence-electron chi connectivity index (χ3n) is 2.57. The Hall–Kier alpha value is -1.47. The van der Waals surface area contributed by atoms with E-state index >= 15 is 0 Å². The number of hydrogen-bond donors (Lipinski definition) is 2. The number of sulfonamides is 1. The van der Waals surface area contributed by atoms with E-state index in [1.54, 1.807) is 0 Å². The number of carboxylic acids is 1. The van der Waals surface area contributed by atoms with Crippen molar-refractivity contribution in [3.05, 3.63) is 23.9 Å². The van der Waals surface area contributed by atoms with Crippen molar-refractivity contribution >= 4 is 16.0 Å². The molecule has 0 aliphatic rings. The maximum Gasteiger partial charge on any atom is 0.337 e. The Kier molecular flexibility index (Phi) is 4.80. The molecule has 100 valence electrons. The molecule has 0 unspecified atom stereocenters. The van der Waals surface area contributed by atoms with Crippen molar-refractivity contribution in [3.63, 3.8) is 0 Å². The third-order valence-corrected chi connectivity index (χ3v) is 4.00. The average molecular weight is 272 g/mol. The standard InChI is InChI=1S/C11H16N2O4S/c1-3-9(4-2)13-18(16,17)10-6-5-8(7-12-10)11(14)15/h5-7,9,13H,3-4H2,1-2H3,(H,14,15). The van der Waals surface area contributed by atoms with Crippen LogP contribution in [0.4, 0.5) is 0 Å². The van der Waals surface area contributed by atoms with E-state index in [1.165, 1.54) is 12.1 Å². The molecule has 7 heteroatoms. The zero-order valence-corrected chi connectivity index (χ0v) is 11.1. The topological polar surface area (TPSA) is 96.4 Å². The second kappa shape index (κ2) is 5.92. The van der Waals surface area contributed by atoms with Crippen molar-refractivity contribution in [3.8, 4) is 0 Å². The summed E-state index contributed by atoms with van der Waals surface area (Å²) in [7, 11) is -3.68. The summed E-state index contributed by atoms with van der Waals surface area (Å²) in [5.41, 5.74) is -0.0449. The molecule has 0 aliphatic carbocycles. The van der Waals surface area contributed by atoms with Gasteiger partial charge in [0.2, 0.25) is 0 Å². The summed E-state index contributed by atoms with van der Waals surface area (Å²) in [6.45, 7) is 3.77. The first-order chi connectivity index (χ1) is 8.40. The maximum absolute atomic E-state index is 11.9. The van der Waals surface area contributed by atoms with E-state index in [1.807, 2.05) is 13.8 Å². The highest BCUT2D eigenvalue weighted by molar-refractivity contribution is 7.89. The molecule has 0 spiro atoms. The Balaban J connectivity index is 2.95. The van der Waals surface area contributed by atoms with Gasteiger partial charge in [-0.2, -0.15) is 0 Å². The van der Waals surface area contributed by atoms with Gasteiger partial charge in [0, 0.05) is 12.2 Å². The fourth-order valence-electron chi connectivity index (χ4n) is 1.40. The van der Waals surface area contributed by atoms with Crippen LogP contribution in [0.1, 0.15) is 37.0 Å². The second-order valence-electron chi connectivity index (χ2n) is 3.82. The minimum Gasteiger partial charge on any atom is -0.478 e. The quantitative estimate of drug-likeness (QED) is 0.812. The molecule has 0 atom stereocenters. The molecular formula is C11H16N2O4S. The van der Waals surface area contributed by atoms with Gasteiger partial charge in [0.25, 0.3) is 10.0 Å². The van der Waals surface area contributed by atoms with Gasteiger partial charge in [0.1, 0.15) is 0 Å². The largest absolute Gasteiger partial charge is 0.478 e.